The Morgan fingerprint density at radius 2 is 2.00 bits per heavy atom. The summed E-state index contributed by atoms with van der Waals surface area (Å²) in [5.74, 6) is 0.639. The summed E-state index contributed by atoms with van der Waals surface area (Å²) in [5, 5.41) is 4.03. The van der Waals surface area contributed by atoms with E-state index in [4.69, 9.17) is 20.8 Å². The van der Waals surface area contributed by atoms with Crippen molar-refractivity contribution in [2.45, 2.75) is 13.8 Å². The highest BCUT2D eigenvalue weighted by Crippen LogP contribution is 2.27. The Labute approximate surface area is 184 Å². The van der Waals surface area contributed by atoms with Crippen molar-refractivity contribution in [1.82, 2.24) is 4.98 Å². The molecule has 156 valence electrons. The molecule has 1 amide bonds. The third-order valence-corrected chi connectivity index (χ3v) is 4.73. The number of aryl methyl sites for hydroxylation is 1. The van der Waals surface area contributed by atoms with E-state index in [9.17, 15) is 4.79 Å². The molecule has 0 saturated heterocycles. The van der Waals surface area contributed by atoms with Gasteiger partial charge in [0.25, 0.3) is 5.91 Å². The van der Waals surface area contributed by atoms with Gasteiger partial charge in [-0.1, -0.05) is 29.8 Å². The van der Waals surface area contributed by atoms with Crippen LogP contribution < -0.4 is 15.6 Å². The van der Waals surface area contributed by atoms with Gasteiger partial charge in [-0.15, -0.1) is 0 Å². The van der Waals surface area contributed by atoms with Crippen LogP contribution in [0.4, 0.5) is 11.5 Å². The molecule has 0 saturated carbocycles. The van der Waals surface area contributed by atoms with Crippen molar-refractivity contribution in [3.8, 4) is 5.75 Å². The average molecular weight is 434 g/mol. The second-order valence-electron chi connectivity index (χ2n) is 6.83. The molecule has 4 aromatic rings. The summed E-state index contributed by atoms with van der Waals surface area (Å²) in [6.45, 7) is 4.32. The second kappa shape index (κ2) is 9.02. The summed E-state index contributed by atoms with van der Waals surface area (Å²) in [7, 11) is 0. The van der Waals surface area contributed by atoms with E-state index in [-0.39, 0.29) is 11.1 Å². The summed E-state index contributed by atoms with van der Waals surface area (Å²) in [4.78, 5) is 22.0. The minimum atomic E-state index is -0.394. The average Bonchev–Trinajstić information content (AvgIpc) is 2.76. The molecule has 2 heterocycles. The van der Waals surface area contributed by atoms with E-state index in [0.29, 0.717) is 39.9 Å². The normalized spacial score (nSPS) is 11.5. The third kappa shape index (κ3) is 4.75. The van der Waals surface area contributed by atoms with Gasteiger partial charge in [0.1, 0.15) is 28.4 Å². The lowest BCUT2D eigenvalue weighted by Gasteiger charge is -2.08. The van der Waals surface area contributed by atoms with Gasteiger partial charge in [0.05, 0.1) is 6.61 Å². The Kier molecular flexibility index (Phi) is 6.00. The molecule has 0 radical (unpaired) electrons. The predicted octanol–water partition coefficient (Wildman–Crippen LogP) is 5.67. The number of nitrogens with one attached hydrogen (secondary N) is 1. The summed E-state index contributed by atoms with van der Waals surface area (Å²) in [5.41, 5.74) is 2.53. The number of nitrogens with zero attached hydrogens (tertiary/aromatic N) is 2. The molecule has 2 aromatic heterocycles. The maximum atomic E-state index is 13.1. The van der Waals surface area contributed by atoms with Gasteiger partial charge in [0, 0.05) is 16.6 Å². The predicted molar refractivity (Wildman–Crippen MR) is 121 cm³/mol. The van der Waals surface area contributed by atoms with Gasteiger partial charge in [0.15, 0.2) is 0 Å². The number of hydrogen-bond acceptors (Lipinski definition) is 5. The number of hydrogen-bond donors (Lipinski definition) is 1. The first-order chi connectivity index (χ1) is 15.0. The van der Waals surface area contributed by atoms with Crippen molar-refractivity contribution in [3.05, 3.63) is 88.6 Å². The smallest absolute Gasteiger partial charge is 0.262 e. The van der Waals surface area contributed by atoms with Crippen molar-refractivity contribution >= 4 is 40.0 Å². The van der Waals surface area contributed by atoms with Crippen molar-refractivity contribution < 1.29 is 13.9 Å². The van der Waals surface area contributed by atoms with Crippen LogP contribution in [0.3, 0.4) is 0 Å². The van der Waals surface area contributed by atoms with Gasteiger partial charge in [-0.3, -0.25) is 4.79 Å². The monoisotopic (exact) mass is 433 g/mol. The lowest BCUT2D eigenvalue weighted by atomic mass is 10.1. The standard InChI is InChI=1S/C24H20ClN3O3/c1-3-30-21-7-5-4-6-19(21)27-24-18(13-16-12-17(25)9-10-20(16)31-24)23(29)28-22-11-8-15(2)14-26-22/h4-14H,3H2,1-2H3,(H,26,28,29). The Morgan fingerprint density at radius 3 is 2.77 bits per heavy atom. The van der Waals surface area contributed by atoms with Gasteiger partial charge in [-0.05, 0) is 61.9 Å². The first kappa shape index (κ1) is 20.6. The largest absolute Gasteiger partial charge is 0.492 e. The minimum absolute atomic E-state index is 0.159. The van der Waals surface area contributed by atoms with E-state index >= 15 is 0 Å². The van der Waals surface area contributed by atoms with E-state index in [2.05, 4.69) is 15.3 Å². The Morgan fingerprint density at radius 1 is 1.16 bits per heavy atom. The van der Waals surface area contributed by atoms with Crippen molar-refractivity contribution in [2.75, 3.05) is 11.9 Å². The molecule has 0 bridgehead atoms. The molecule has 0 unspecified atom stereocenters. The zero-order valence-electron chi connectivity index (χ0n) is 17.1. The second-order valence-corrected chi connectivity index (χ2v) is 7.27. The zero-order valence-corrected chi connectivity index (χ0v) is 17.8. The fourth-order valence-electron chi connectivity index (χ4n) is 3.01. The first-order valence-electron chi connectivity index (χ1n) is 9.77. The number of rotatable bonds is 5. The number of pyridine rings is 1. The number of amides is 1. The number of halogens is 1. The topological polar surface area (TPSA) is 76.7 Å². The number of carbonyl (C=O) groups excluding carboxylic acids is 1. The molecule has 4 rings (SSSR count). The number of aromatic nitrogens is 1. The Hall–Kier alpha value is -3.64. The molecule has 2 aromatic carbocycles. The first-order valence-corrected chi connectivity index (χ1v) is 10.2. The van der Waals surface area contributed by atoms with Gasteiger partial charge in [0.2, 0.25) is 5.55 Å². The molecule has 0 aliphatic heterocycles. The lowest BCUT2D eigenvalue weighted by molar-refractivity contribution is 0.102. The molecule has 0 aliphatic carbocycles. The lowest BCUT2D eigenvalue weighted by Crippen LogP contribution is -2.22. The van der Waals surface area contributed by atoms with E-state index in [0.717, 1.165) is 5.56 Å². The van der Waals surface area contributed by atoms with E-state index in [1.54, 1.807) is 42.6 Å². The maximum absolute atomic E-state index is 13.1. The van der Waals surface area contributed by atoms with Gasteiger partial charge in [-0.25, -0.2) is 9.98 Å². The molecular weight excluding hydrogens is 414 g/mol. The van der Waals surface area contributed by atoms with Crippen LogP contribution in [0.2, 0.25) is 5.02 Å². The molecule has 0 atom stereocenters. The van der Waals surface area contributed by atoms with Crippen LogP contribution in [0.25, 0.3) is 11.0 Å². The molecule has 0 fully saturated rings. The zero-order chi connectivity index (χ0) is 21.8. The highest BCUT2D eigenvalue weighted by atomic mass is 35.5. The number of ether oxygens (including phenoxy) is 1. The van der Waals surface area contributed by atoms with E-state index in [1.807, 2.05) is 38.1 Å². The minimum Gasteiger partial charge on any atom is -0.492 e. The number of benzene rings is 2. The molecule has 31 heavy (non-hydrogen) atoms. The molecule has 0 spiro atoms. The van der Waals surface area contributed by atoms with Crippen LogP contribution in [-0.2, 0) is 0 Å². The van der Waals surface area contributed by atoms with E-state index < -0.39 is 5.91 Å². The number of fused-ring (bicyclic) bond motifs is 1. The SMILES string of the molecule is CCOc1ccccc1N=c1oc2ccc(Cl)cc2cc1C(=O)Nc1ccc(C)cn1. The summed E-state index contributed by atoms with van der Waals surface area (Å²) in [6, 6.07) is 17.8. The van der Waals surface area contributed by atoms with Crippen LogP contribution >= 0.6 is 11.6 Å². The van der Waals surface area contributed by atoms with E-state index in [1.165, 1.54) is 0 Å². The van der Waals surface area contributed by atoms with Crippen LogP contribution in [0.1, 0.15) is 22.8 Å². The van der Waals surface area contributed by atoms with Crippen molar-refractivity contribution in [2.24, 2.45) is 4.99 Å². The summed E-state index contributed by atoms with van der Waals surface area (Å²) in [6.07, 6.45) is 1.68. The summed E-state index contributed by atoms with van der Waals surface area (Å²) >= 11 is 6.13. The van der Waals surface area contributed by atoms with Crippen molar-refractivity contribution in [3.63, 3.8) is 0 Å². The highest BCUT2D eigenvalue weighted by Gasteiger charge is 2.15. The van der Waals surface area contributed by atoms with Crippen molar-refractivity contribution in [1.29, 1.82) is 0 Å². The van der Waals surface area contributed by atoms with Gasteiger partial charge >= 0.3 is 0 Å². The molecular formula is C24H20ClN3O3. The number of carbonyl (C=O) groups is 1. The summed E-state index contributed by atoms with van der Waals surface area (Å²) < 4.78 is 11.7. The quantitative estimate of drug-likeness (QED) is 0.439. The Balaban J connectivity index is 1.86. The number of para-hydroxylation sites is 2. The van der Waals surface area contributed by atoms with Crippen LogP contribution in [-0.4, -0.2) is 17.5 Å². The van der Waals surface area contributed by atoms with Crippen LogP contribution in [0.5, 0.6) is 5.75 Å². The number of anilines is 1. The van der Waals surface area contributed by atoms with Gasteiger partial charge < -0.3 is 14.5 Å². The molecule has 0 aliphatic rings. The highest BCUT2D eigenvalue weighted by molar-refractivity contribution is 6.31. The van der Waals surface area contributed by atoms with Gasteiger partial charge in [-0.2, -0.15) is 0 Å². The fourth-order valence-corrected chi connectivity index (χ4v) is 3.19. The molecule has 6 nitrogen and oxygen atoms in total. The maximum Gasteiger partial charge on any atom is 0.262 e. The molecule has 1 N–H and O–H groups in total. The van der Waals surface area contributed by atoms with Crippen LogP contribution in [0, 0.1) is 6.92 Å². The van der Waals surface area contributed by atoms with Crippen LogP contribution in [0.15, 0.2) is 76.3 Å². The fraction of sp³-hybridized carbons (Fsp3) is 0.125. The Bertz CT molecular complexity index is 1310. The third-order valence-electron chi connectivity index (χ3n) is 4.49. The molecule has 7 heteroatoms.